The number of rotatable bonds is 6. The number of fused-ring (bicyclic) bond motifs is 1. The van der Waals surface area contributed by atoms with E-state index in [1.165, 1.54) is 24.3 Å². The molecule has 0 bridgehead atoms. The van der Waals surface area contributed by atoms with Crippen molar-refractivity contribution < 1.29 is 26.3 Å². The van der Waals surface area contributed by atoms with E-state index in [2.05, 4.69) is 9.44 Å². The maximum atomic E-state index is 13.0. The van der Waals surface area contributed by atoms with Crippen molar-refractivity contribution in [3.63, 3.8) is 0 Å². The van der Waals surface area contributed by atoms with Gasteiger partial charge in [-0.1, -0.05) is 18.2 Å². The van der Waals surface area contributed by atoms with E-state index in [-0.39, 0.29) is 15.5 Å². The summed E-state index contributed by atoms with van der Waals surface area (Å²) in [7, 11) is -7.94. The van der Waals surface area contributed by atoms with Crippen molar-refractivity contribution in [1.82, 2.24) is 0 Å². The van der Waals surface area contributed by atoms with Crippen molar-refractivity contribution in [1.29, 1.82) is 0 Å². The van der Waals surface area contributed by atoms with Crippen LogP contribution in [0.1, 0.15) is 17.5 Å². The molecule has 3 aromatic carbocycles. The van der Waals surface area contributed by atoms with E-state index in [0.717, 1.165) is 5.56 Å². The minimum absolute atomic E-state index is 0.0189. The van der Waals surface area contributed by atoms with Gasteiger partial charge in [0.2, 0.25) is 0 Å². The van der Waals surface area contributed by atoms with Crippen LogP contribution in [0.2, 0.25) is 0 Å². The third-order valence-electron chi connectivity index (χ3n) is 5.03. The van der Waals surface area contributed by atoms with Gasteiger partial charge in [0.05, 0.1) is 28.7 Å². The summed E-state index contributed by atoms with van der Waals surface area (Å²) < 4.78 is 68.1. The second kappa shape index (κ2) is 8.95. The van der Waals surface area contributed by atoms with E-state index in [1.807, 2.05) is 13.0 Å². The summed E-state index contributed by atoms with van der Waals surface area (Å²) in [5.41, 5.74) is 1.93. The third kappa shape index (κ3) is 5.23. The zero-order valence-corrected chi connectivity index (χ0v) is 19.8. The van der Waals surface area contributed by atoms with Crippen molar-refractivity contribution in [2.75, 3.05) is 22.7 Å². The molecule has 0 fully saturated rings. The Morgan fingerprint density at radius 2 is 1.42 bits per heavy atom. The van der Waals surface area contributed by atoms with Crippen molar-refractivity contribution in [3.05, 3.63) is 71.8 Å². The first-order chi connectivity index (χ1) is 15.6. The molecule has 174 valence electrons. The fraction of sp³-hybridized carbons (Fsp3) is 0.217. The lowest BCUT2D eigenvalue weighted by molar-refractivity contribution is 0.297. The fourth-order valence-electron chi connectivity index (χ4n) is 3.40. The van der Waals surface area contributed by atoms with Crippen molar-refractivity contribution in [3.8, 4) is 11.5 Å². The van der Waals surface area contributed by atoms with Gasteiger partial charge in [-0.2, -0.15) is 0 Å². The Balaban J connectivity index is 1.62. The van der Waals surface area contributed by atoms with Crippen LogP contribution in [0, 0.1) is 13.8 Å². The highest BCUT2D eigenvalue weighted by atomic mass is 32.2. The molecule has 0 aliphatic carbocycles. The van der Waals surface area contributed by atoms with Crippen LogP contribution in [-0.4, -0.2) is 30.0 Å². The number of aryl methyl sites for hydroxylation is 2. The number of anilines is 2. The molecule has 0 spiro atoms. The molecule has 1 heterocycles. The highest BCUT2D eigenvalue weighted by Crippen LogP contribution is 2.33. The Hall–Kier alpha value is -3.24. The molecule has 0 atom stereocenters. The van der Waals surface area contributed by atoms with E-state index >= 15 is 0 Å². The molecular weight excluding hydrogens is 464 g/mol. The van der Waals surface area contributed by atoms with Crippen LogP contribution in [0.5, 0.6) is 11.5 Å². The first kappa shape index (κ1) is 22.9. The van der Waals surface area contributed by atoms with E-state index < -0.39 is 20.0 Å². The molecule has 0 unspecified atom stereocenters. The summed E-state index contributed by atoms with van der Waals surface area (Å²) in [6, 6.07) is 15.7. The average Bonchev–Trinajstić information content (AvgIpc) is 2.99. The minimum Gasteiger partial charge on any atom is -0.490 e. The molecule has 0 saturated carbocycles. The Labute approximate surface area is 193 Å². The van der Waals surface area contributed by atoms with Gasteiger partial charge in [0.1, 0.15) is 0 Å². The average molecular weight is 489 g/mol. The highest BCUT2D eigenvalue weighted by molar-refractivity contribution is 7.93. The normalized spacial score (nSPS) is 13.8. The number of ether oxygens (including phenoxy) is 2. The molecule has 4 rings (SSSR count). The zero-order chi connectivity index (χ0) is 23.6. The first-order valence-electron chi connectivity index (χ1n) is 10.3. The van der Waals surface area contributed by atoms with Crippen LogP contribution < -0.4 is 18.9 Å². The number of benzene rings is 3. The molecule has 3 aromatic rings. The number of sulfonamides is 2. The SMILES string of the molecule is Cc1cccc(NS(=O)(=O)c2cc(NS(=O)(=O)c3ccc4c(c3)OCCCO4)ccc2C)c1. The topological polar surface area (TPSA) is 111 Å². The van der Waals surface area contributed by atoms with E-state index in [0.29, 0.717) is 42.4 Å². The summed E-state index contributed by atoms with van der Waals surface area (Å²) in [6.45, 7) is 4.43. The molecule has 1 aliphatic rings. The van der Waals surface area contributed by atoms with E-state index in [4.69, 9.17) is 9.47 Å². The number of nitrogens with one attached hydrogen (secondary N) is 2. The first-order valence-corrected chi connectivity index (χ1v) is 13.2. The van der Waals surface area contributed by atoms with E-state index in [1.54, 1.807) is 37.3 Å². The van der Waals surface area contributed by atoms with Gasteiger partial charge in [0.25, 0.3) is 20.0 Å². The summed E-state index contributed by atoms with van der Waals surface area (Å²) >= 11 is 0. The predicted octanol–water partition coefficient (Wildman–Crippen LogP) is 4.07. The largest absolute Gasteiger partial charge is 0.490 e. The van der Waals surface area contributed by atoms with Crippen LogP contribution in [-0.2, 0) is 20.0 Å². The van der Waals surface area contributed by atoms with Crippen molar-refractivity contribution >= 4 is 31.4 Å². The number of hydrogen-bond donors (Lipinski definition) is 2. The molecule has 1 aliphatic heterocycles. The smallest absolute Gasteiger partial charge is 0.262 e. The lowest BCUT2D eigenvalue weighted by Crippen LogP contribution is -2.16. The lowest BCUT2D eigenvalue weighted by Gasteiger charge is -2.14. The van der Waals surface area contributed by atoms with Gasteiger partial charge in [-0.15, -0.1) is 0 Å². The second-order valence-electron chi connectivity index (χ2n) is 7.72. The molecule has 10 heteroatoms. The monoisotopic (exact) mass is 488 g/mol. The summed E-state index contributed by atoms with van der Waals surface area (Å²) in [5, 5.41) is 0. The van der Waals surface area contributed by atoms with Gasteiger partial charge in [-0.25, -0.2) is 16.8 Å². The second-order valence-corrected chi connectivity index (χ2v) is 11.1. The highest BCUT2D eigenvalue weighted by Gasteiger charge is 2.22. The fourth-order valence-corrected chi connectivity index (χ4v) is 5.78. The Morgan fingerprint density at radius 3 is 2.18 bits per heavy atom. The Morgan fingerprint density at radius 1 is 0.727 bits per heavy atom. The van der Waals surface area contributed by atoms with Crippen molar-refractivity contribution in [2.24, 2.45) is 0 Å². The van der Waals surface area contributed by atoms with Gasteiger partial charge >= 0.3 is 0 Å². The molecule has 33 heavy (non-hydrogen) atoms. The predicted molar refractivity (Wildman–Crippen MR) is 126 cm³/mol. The molecule has 8 nitrogen and oxygen atoms in total. The maximum absolute atomic E-state index is 13.0. The van der Waals surface area contributed by atoms with Crippen LogP contribution in [0.3, 0.4) is 0 Å². The van der Waals surface area contributed by atoms with Gasteiger partial charge in [-0.3, -0.25) is 9.44 Å². The van der Waals surface area contributed by atoms with E-state index in [9.17, 15) is 16.8 Å². The molecule has 0 amide bonds. The summed E-state index contributed by atoms with van der Waals surface area (Å²) in [5.74, 6) is 0.835. The van der Waals surface area contributed by atoms with Gasteiger partial charge < -0.3 is 9.47 Å². The van der Waals surface area contributed by atoms with Crippen molar-refractivity contribution in [2.45, 2.75) is 30.1 Å². The van der Waals surface area contributed by atoms with Crippen LogP contribution in [0.15, 0.2) is 70.5 Å². The molecule has 0 radical (unpaired) electrons. The Bertz CT molecular complexity index is 1400. The minimum atomic E-state index is -4.00. The maximum Gasteiger partial charge on any atom is 0.262 e. The molecule has 2 N–H and O–H groups in total. The number of hydrogen-bond acceptors (Lipinski definition) is 6. The Kier molecular flexibility index (Phi) is 6.22. The van der Waals surface area contributed by atoms with Gasteiger partial charge in [0.15, 0.2) is 11.5 Å². The van der Waals surface area contributed by atoms with Crippen LogP contribution in [0.25, 0.3) is 0 Å². The zero-order valence-electron chi connectivity index (χ0n) is 18.2. The van der Waals surface area contributed by atoms with Crippen LogP contribution in [0.4, 0.5) is 11.4 Å². The third-order valence-corrected chi connectivity index (χ3v) is 7.93. The molecular formula is C23H24N2O6S2. The van der Waals surface area contributed by atoms with Crippen LogP contribution >= 0.6 is 0 Å². The molecule has 0 saturated heterocycles. The summed E-state index contributed by atoms with van der Waals surface area (Å²) in [6.07, 6.45) is 0.701. The standard InChI is InChI=1S/C23H24N2O6S2/c1-16-5-3-6-18(13-16)25-33(28,29)23-14-19(8-7-17(23)2)24-32(26,27)20-9-10-21-22(15-20)31-12-4-11-30-21/h3,5-10,13-15,24-25H,4,11-12H2,1-2H3. The van der Waals surface area contributed by atoms with Gasteiger partial charge in [-0.05, 0) is 61.4 Å². The quantitative estimate of drug-likeness (QED) is 0.541. The molecule has 0 aromatic heterocycles. The van der Waals surface area contributed by atoms with Gasteiger partial charge in [0, 0.05) is 18.2 Å². The lowest BCUT2D eigenvalue weighted by atomic mass is 10.2. The summed E-state index contributed by atoms with van der Waals surface area (Å²) in [4.78, 5) is -0.0440.